The molecule has 2 aliphatic rings. The van der Waals surface area contributed by atoms with Crippen LogP contribution in [0.25, 0.3) is 0 Å². The largest absolute Gasteiger partial charge is 0.274 e. The second-order valence-corrected chi connectivity index (χ2v) is 6.37. The fraction of sp³-hybridized carbons (Fsp3) is 0.176. The van der Waals surface area contributed by atoms with Gasteiger partial charge < -0.3 is 0 Å². The van der Waals surface area contributed by atoms with E-state index in [-0.39, 0.29) is 17.7 Å². The highest BCUT2D eigenvalue weighted by Crippen LogP contribution is 2.40. The van der Waals surface area contributed by atoms with Crippen LogP contribution in [-0.2, 0) is 0 Å². The maximum absolute atomic E-state index is 12.4. The minimum absolute atomic E-state index is 0.162. The van der Waals surface area contributed by atoms with Gasteiger partial charge in [0.05, 0.1) is 11.1 Å². The van der Waals surface area contributed by atoms with E-state index in [1.807, 2.05) is 12.1 Å². The molecular weight excluding hydrogens is 282 g/mol. The Hall–Kier alpha value is -2.07. The zero-order chi connectivity index (χ0) is 14.4. The molecule has 0 saturated heterocycles. The Balaban J connectivity index is 1.63. The first-order valence-electron chi connectivity index (χ1n) is 6.92. The first-order valence-corrected chi connectivity index (χ1v) is 7.91. The Morgan fingerprint density at radius 1 is 0.952 bits per heavy atom. The third-order valence-electron chi connectivity index (χ3n) is 4.08. The monoisotopic (exact) mass is 295 g/mol. The molecule has 1 atom stereocenters. The summed E-state index contributed by atoms with van der Waals surface area (Å²) >= 11 is 1.80. The van der Waals surface area contributed by atoms with Gasteiger partial charge in [0, 0.05) is 23.1 Å². The summed E-state index contributed by atoms with van der Waals surface area (Å²) in [4.78, 5) is 27.5. The van der Waals surface area contributed by atoms with Crippen LogP contribution in [0.1, 0.15) is 32.2 Å². The van der Waals surface area contributed by atoms with Gasteiger partial charge in [0.2, 0.25) is 0 Å². The molecular formula is C17H13NO2S. The van der Waals surface area contributed by atoms with Gasteiger partial charge in [-0.15, -0.1) is 11.8 Å². The number of nitrogens with zero attached hydrogens (tertiary/aromatic N) is 1. The first-order chi connectivity index (χ1) is 10.3. The van der Waals surface area contributed by atoms with Gasteiger partial charge >= 0.3 is 0 Å². The van der Waals surface area contributed by atoms with Crippen molar-refractivity contribution in [3.8, 4) is 0 Å². The maximum Gasteiger partial charge on any atom is 0.261 e. The minimum Gasteiger partial charge on any atom is -0.274 e. The molecule has 0 fully saturated rings. The molecule has 2 amide bonds. The number of carbonyl (C=O) groups is 2. The highest BCUT2D eigenvalue weighted by molar-refractivity contribution is 7.99. The number of fused-ring (bicyclic) bond motifs is 2. The van der Waals surface area contributed by atoms with Crippen molar-refractivity contribution in [2.24, 2.45) is 0 Å². The number of rotatable bonds is 2. The molecule has 0 bridgehead atoms. The molecule has 104 valence electrons. The van der Waals surface area contributed by atoms with Crippen molar-refractivity contribution in [3.05, 3.63) is 65.2 Å². The summed E-state index contributed by atoms with van der Waals surface area (Å²) < 4.78 is 0. The molecule has 4 rings (SSSR count). The summed E-state index contributed by atoms with van der Waals surface area (Å²) in [6.07, 6.45) is 0. The third kappa shape index (κ3) is 1.90. The van der Waals surface area contributed by atoms with Crippen molar-refractivity contribution in [2.75, 3.05) is 12.3 Å². The molecule has 2 aliphatic heterocycles. The molecule has 0 saturated carbocycles. The van der Waals surface area contributed by atoms with Gasteiger partial charge in [0.25, 0.3) is 11.8 Å². The van der Waals surface area contributed by atoms with E-state index >= 15 is 0 Å². The third-order valence-corrected chi connectivity index (χ3v) is 5.33. The highest BCUT2D eigenvalue weighted by Gasteiger charge is 2.37. The van der Waals surface area contributed by atoms with Gasteiger partial charge in [-0.25, -0.2) is 0 Å². The number of amides is 2. The lowest BCUT2D eigenvalue weighted by Gasteiger charge is -2.19. The van der Waals surface area contributed by atoms with Crippen LogP contribution >= 0.6 is 11.8 Å². The van der Waals surface area contributed by atoms with E-state index in [9.17, 15) is 9.59 Å². The summed E-state index contributed by atoms with van der Waals surface area (Å²) in [5.74, 6) is 0.829. The molecule has 1 unspecified atom stereocenters. The van der Waals surface area contributed by atoms with Crippen molar-refractivity contribution in [3.63, 3.8) is 0 Å². The van der Waals surface area contributed by atoms with Crippen LogP contribution in [0.4, 0.5) is 0 Å². The van der Waals surface area contributed by atoms with Gasteiger partial charge in [-0.3, -0.25) is 14.5 Å². The summed E-state index contributed by atoms with van der Waals surface area (Å²) in [6, 6.07) is 15.3. The topological polar surface area (TPSA) is 37.4 Å². The van der Waals surface area contributed by atoms with Crippen molar-refractivity contribution >= 4 is 23.6 Å². The summed E-state index contributed by atoms with van der Waals surface area (Å²) in [5.41, 5.74) is 2.31. The van der Waals surface area contributed by atoms with Crippen LogP contribution < -0.4 is 0 Å². The first kappa shape index (κ1) is 12.7. The van der Waals surface area contributed by atoms with Crippen molar-refractivity contribution < 1.29 is 9.59 Å². The van der Waals surface area contributed by atoms with Gasteiger partial charge in [0.1, 0.15) is 0 Å². The Bertz CT molecular complexity index is 721. The van der Waals surface area contributed by atoms with E-state index in [0.717, 1.165) is 5.75 Å². The van der Waals surface area contributed by atoms with Crippen molar-refractivity contribution in [1.82, 2.24) is 4.90 Å². The van der Waals surface area contributed by atoms with Gasteiger partial charge in [-0.05, 0) is 23.8 Å². The number of hydrogen-bond donors (Lipinski definition) is 0. The van der Waals surface area contributed by atoms with E-state index < -0.39 is 0 Å². The Labute approximate surface area is 127 Å². The van der Waals surface area contributed by atoms with Gasteiger partial charge in [-0.2, -0.15) is 0 Å². The Morgan fingerprint density at radius 3 is 2.29 bits per heavy atom. The fourth-order valence-corrected chi connectivity index (χ4v) is 4.25. The van der Waals surface area contributed by atoms with E-state index in [1.54, 1.807) is 36.0 Å². The molecule has 0 aromatic heterocycles. The molecule has 0 radical (unpaired) electrons. The normalized spacial score (nSPS) is 19.8. The molecule has 2 heterocycles. The summed E-state index contributed by atoms with van der Waals surface area (Å²) in [5, 5.41) is 0. The maximum atomic E-state index is 12.4. The Kier molecular flexibility index (Phi) is 2.86. The highest BCUT2D eigenvalue weighted by atomic mass is 32.2. The smallest absolute Gasteiger partial charge is 0.261 e. The number of benzene rings is 2. The van der Waals surface area contributed by atoms with Crippen LogP contribution in [0.15, 0.2) is 53.4 Å². The molecule has 2 aromatic carbocycles. The lowest BCUT2D eigenvalue weighted by molar-refractivity contribution is 0.0647. The quantitative estimate of drug-likeness (QED) is 0.799. The van der Waals surface area contributed by atoms with Crippen molar-refractivity contribution in [2.45, 2.75) is 10.8 Å². The van der Waals surface area contributed by atoms with E-state index in [0.29, 0.717) is 17.7 Å². The van der Waals surface area contributed by atoms with E-state index in [1.165, 1.54) is 15.4 Å². The predicted molar refractivity (Wildman–Crippen MR) is 81.7 cm³/mol. The van der Waals surface area contributed by atoms with Crippen LogP contribution in [-0.4, -0.2) is 29.0 Å². The van der Waals surface area contributed by atoms with E-state index in [4.69, 9.17) is 0 Å². The summed E-state index contributed by atoms with van der Waals surface area (Å²) in [6.45, 7) is 0.469. The predicted octanol–water partition coefficient (Wildman–Crippen LogP) is 3.17. The zero-order valence-electron chi connectivity index (χ0n) is 11.3. The zero-order valence-corrected chi connectivity index (χ0v) is 12.1. The fourth-order valence-electron chi connectivity index (χ4n) is 3.01. The van der Waals surface area contributed by atoms with Gasteiger partial charge in [0.15, 0.2) is 0 Å². The standard InChI is InChI=1S/C17H13NO2S/c19-16-13-6-1-2-7-14(13)17(20)18(16)9-11-10-21-15-8-4-3-5-12(11)15/h1-8,11H,9-10H2. The average Bonchev–Trinajstić information content (AvgIpc) is 3.04. The second-order valence-electron chi connectivity index (χ2n) is 5.31. The average molecular weight is 295 g/mol. The Morgan fingerprint density at radius 2 is 1.57 bits per heavy atom. The number of carbonyl (C=O) groups excluding carboxylic acids is 2. The molecule has 0 N–H and O–H groups in total. The lowest BCUT2D eigenvalue weighted by Crippen LogP contribution is -2.34. The van der Waals surface area contributed by atoms with Crippen LogP contribution in [0, 0.1) is 0 Å². The molecule has 3 nitrogen and oxygen atoms in total. The number of thioether (sulfide) groups is 1. The second kappa shape index (κ2) is 4.74. The van der Waals surface area contributed by atoms with Crippen molar-refractivity contribution in [1.29, 1.82) is 0 Å². The minimum atomic E-state index is -0.162. The van der Waals surface area contributed by atoms with Crippen LogP contribution in [0.5, 0.6) is 0 Å². The number of hydrogen-bond acceptors (Lipinski definition) is 3. The van der Waals surface area contributed by atoms with Crippen LogP contribution in [0.3, 0.4) is 0 Å². The van der Waals surface area contributed by atoms with Gasteiger partial charge in [-0.1, -0.05) is 30.3 Å². The van der Waals surface area contributed by atoms with E-state index in [2.05, 4.69) is 12.1 Å². The molecule has 0 aliphatic carbocycles. The molecule has 4 heteroatoms. The van der Waals surface area contributed by atoms with Crippen LogP contribution in [0.2, 0.25) is 0 Å². The molecule has 2 aromatic rings. The summed E-state index contributed by atoms with van der Waals surface area (Å²) in [7, 11) is 0. The molecule has 21 heavy (non-hydrogen) atoms. The lowest BCUT2D eigenvalue weighted by atomic mass is 10.0. The number of imide groups is 1. The molecule has 0 spiro atoms. The SMILES string of the molecule is O=C1c2ccccc2C(=O)N1CC1CSc2ccccc21.